The normalized spacial score (nSPS) is 10.3. The van der Waals surface area contributed by atoms with Crippen LogP contribution < -0.4 is 0 Å². The summed E-state index contributed by atoms with van der Waals surface area (Å²) in [7, 11) is 0. The topological polar surface area (TPSA) is 54.5 Å². The van der Waals surface area contributed by atoms with E-state index in [0.717, 1.165) is 34.4 Å². The summed E-state index contributed by atoms with van der Waals surface area (Å²) >= 11 is 1.61. The molecule has 0 radical (unpaired) electrons. The molecule has 0 N–H and O–H groups in total. The Morgan fingerprint density at radius 3 is 2.83 bits per heavy atom. The Bertz CT molecular complexity index is 583. The van der Waals surface area contributed by atoms with Gasteiger partial charge in [0.1, 0.15) is 5.82 Å². The molecule has 1 aromatic carbocycles. The number of benzene rings is 1. The van der Waals surface area contributed by atoms with E-state index in [1.165, 1.54) is 0 Å². The van der Waals surface area contributed by atoms with Crippen LogP contribution in [0.3, 0.4) is 0 Å². The summed E-state index contributed by atoms with van der Waals surface area (Å²) in [5.41, 5.74) is 1.76. The van der Waals surface area contributed by atoms with Gasteiger partial charge in [-0.05, 0) is 25.5 Å². The Morgan fingerprint density at radius 2 is 2.11 bits per heavy atom. The third kappa shape index (κ3) is 2.54. The molecule has 0 bridgehead atoms. The summed E-state index contributed by atoms with van der Waals surface area (Å²) in [6.45, 7) is 4.88. The molecule has 0 aliphatic rings. The lowest BCUT2D eigenvalue weighted by Crippen LogP contribution is -1.99. The van der Waals surface area contributed by atoms with E-state index in [1.807, 2.05) is 31.2 Å². The largest absolute Gasteiger partial charge is 0.307 e. The molecule has 0 spiro atoms. The van der Waals surface area contributed by atoms with E-state index in [2.05, 4.69) is 27.8 Å². The molecular weight excluding hydrogens is 244 g/mol. The van der Waals surface area contributed by atoms with Gasteiger partial charge in [-0.3, -0.25) is 0 Å². The number of aryl methyl sites for hydroxylation is 1. The Kier molecular flexibility index (Phi) is 4.00. The van der Waals surface area contributed by atoms with Crippen molar-refractivity contribution in [1.82, 2.24) is 14.8 Å². The van der Waals surface area contributed by atoms with Gasteiger partial charge in [0.15, 0.2) is 5.16 Å². The van der Waals surface area contributed by atoms with Gasteiger partial charge in [0, 0.05) is 12.3 Å². The molecule has 2 rings (SSSR count). The Balaban J connectivity index is 2.14. The first-order chi connectivity index (χ1) is 8.76. The Hall–Kier alpha value is -1.80. The van der Waals surface area contributed by atoms with Gasteiger partial charge in [0.25, 0.3) is 0 Å². The molecule has 2 aromatic rings. The average molecular weight is 258 g/mol. The van der Waals surface area contributed by atoms with E-state index in [0.29, 0.717) is 0 Å². The summed E-state index contributed by atoms with van der Waals surface area (Å²) in [6.07, 6.45) is 0. The zero-order valence-corrected chi connectivity index (χ0v) is 11.2. The van der Waals surface area contributed by atoms with Gasteiger partial charge >= 0.3 is 0 Å². The van der Waals surface area contributed by atoms with Crippen molar-refractivity contribution in [2.45, 2.75) is 31.3 Å². The third-order valence-corrected chi connectivity index (χ3v) is 3.73. The number of hydrogen-bond donors (Lipinski definition) is 0. The van der Waals surface area contributed by atoms with Crippen LogP contribution in [0.5, 0.6) is 0 Å². The highest BCUT2D eigenvalue weighted by Gasteiger charge is 2.09. The van der Waals surface area contributed by atoms with Crippen LogP contribution in [-0.4, -0.2) is 14.8 Å². The molecule has 0 saturated carbocycles. The van der Waals surface area contributed by atoms with Crippen LogP contribution in [0.15, 0.2) is 29.4 Å². The second-order valence-electron chi connectivity index (χ2n) is 3.83. The van der Waals surface area contributed by atoms with Crippen LogP contribution in [0.1, 0.15) is 23.9 Å². The number of nitriles is 1. The van der Waals surface area contributed by atoms with Crippen molar-refractivity contribution >= 4 is 11.8 Å². The fraction of sp³-hybridized carbons (Fsp3) is 0.308. The first kappa shape index (κ1) is 12.7. The minimum Gasteiger partial charge on any atom is -0.307 e. The molecule has 0 saturated heterocycles. The van der Waals surface area contributed by atoms with Crippen molar-refractivity contribution < 1.29 is 0 Å². The Labute approximate surface area is 111 Å². The van der Waals surface area contributed by atoms with Gasteiger partial charge in [0.2, 0.25) is 0 Å². The van der Waals surface area contributed by atoms with Gasteiger partial charge < -0.3 is 4.57 Å². The summed E-state index contributed by atoms with van der Waals surface area (Å²) in [5, 5.41) is 18.2. The van der Waals surface area contributed by atoms with Crippen LogP contribution in [0, 0.1) is 18.3 Å². The molecule has 1 aromatic heterocycles. The molecule has 0 aliphatic carbocycles. The fourth-order valence-corrected chi connectivity index (χ4v) is 2.78. The number of nitrogens with zero attached hydrogens (tertiary/aromatic N) is 4. The summed E-state index contributed by atoms with van der Waals surface area (Å²) in [5.74, 6) is 1.66. The zero-order chi connectivity index (χ0) is 13.0. The molecule has 0 fully saturated rings. The molecule has 5 heteroatoms. The molecule has 4 nitrogen and oxygen atoms in total. The summed E-state index contributed by atoms with van der Waals surface area (Å²) < 4.78 is 2.07. The second-order valence-corrected chi connectivity index (χ2v) is 4.77. The quantitative estimate of drug-likeness (QED) is 0.791. The highest BCUT2D eigenvalue weighted by molar-refractivity contribution is 7.98. The van der Waals surface area contributed by atoms with E-state index < -0.39 is 0 Å². The van der Waals surface area contributed by atoms with E-state index in [1.54, 1.807) is 11.8 Å². The van der Waals surface area contributed by atoms with Gasteiger partial charge in [-0.25, -0.2) is 0 Å². The van der Waals surface area contributed by atoms with Gasteiger partial charge in [-0.15, -0.1) is 10.2 Å². The first-order valence-corrected chi connectivity index (χ1v) is 6.75. The van der Waals surface area contributed by atoms with E-state index in [9.17, 15) is 0 Å². The lowest BCUT2D eigenvalue weighted by molar-refractivity contribution is 0.662. The van der Waals surface area contributed by atoms with Gasteiger partial charge in [-0.2, -0.15) is 5.26 Å². The van der Waals surface area contributed by atoms with Crippen LogP contribution in [-0.2, 0) is 12.3 Å². The predicted molar refractivity (Wildman–Crippen MR) is 71.2 cm³/mol. The minimum absolute atomic E-state index is 0.726. The minimum atomic E-state index is 0.726. The summed E-state index contributed by atoms with van der Waals surface area (Å²) in [6, 6.07) is 9.86. The highest BCUT2D eigenvalue weighted by atomic mass is 32.2. The lowest BCUT2D eigenvalue weighted by Gasteiger charge is -2.05. The predicted octanol–water partition coefficient (Wildman–Crippen LogP) is 2.77. The Morgan fingerprint density at radius 1 is 1.33 bits per heavy atom. The smallest absolute Gasteiger partial charge is 0.191 e. The van der Waals surface area contributed by atoms with E-state index in [4.69, 9.17) is 5.26 Å². The average Bonchev–Trinajstić information content (AvgIpc) is 2.77. The van der Waals surface area contributed by atoms with Crippen molar-refractivity contribution in [1.29, 1.82) is 5.26 Å². The molecule has 0 amide bonds. The standard InChI is InChI=1S/C13H14N4S/c1-3-17-10(2)15-16-13(17)18-9-12-7-5-4-6-11(12)8-14/h4-7H,3,9H2,1-2H3. The molecule has 0 aliphatic heterocycles. The number of rotatable bonds is 4. The van der Waals surface area contributed by atoms with Crippen molar-refractivity contribution in [3.63, 3.8) is 0 Å². The molecule has 0 unspecified atom stereocenters. The monoisotopic (exact) mass is 258 g/mol. The van der Waals surface area contributed by atoms with Crippen LogP contribution >= 0.6 is 11.8 Å². The number of hydrogen-bond acceptors (Lipinski definition) is 4. The summed E-state index contributed by atoms with van der Waals surface area (Å²) in [4.78, 5) is 0. The van der Waals surface area contributed by atoms with Gasteiger partial charge in [-0.1, -0.05) is 30.0 Å². The zero-order valence-electron chi connectivity index (χ0n) is 10.4. The lowest BCUT2D eigenvalue weighted by atomic mass is 10.1. The fourth-order valence-electron chi connectivity index (χ4n) is 1.73. The van der Waals surface area contributed by atoms with Crippen molar-refractivity contribution in [2.75, 3.05) is 0 Å². The van der Waals surface area contributed by atoms with Crippen molar-refractivity contribution in [2.24, 2.45) is 0 Å². The van der Waals surface area contributed by atoms with Crippen LogP contribution in [0.25, 0.3) is 0 Å². The third-order valence-electron chi connectivity index (χ3n) is 2.71. The van der Waals surface area contributed by atoms with Crippen molar-refractivity contribution in [3.05, 3.63) is 41.2 Å². The highest BCUT2D eigenvalue weighted by Crippen LogP contribution is 2.23. The molecule has 0 atom stereocenters. The van der Waals surface area contributed by atoms with Crippen molar-refractivity contribution in [3.8, 4) is 6.07 Å². The number of aromatic nitrogens is 3. The molecule has 18 heavy (non-hydrogen) atoms. The van der Waals surface area contributed by atoms with E-state index in [-0.39, 0.29) is 0 Å². The first-order valence-electron chi connectivity index (χ1n) is 5.77. The molecule has 92 valence electrons. The SMILES string of the molecule is CCn1c(C)nnc1SCc1ccccc1C#N. The van der Waals surface area contributed by atoms with Crippen LogP contribution in [0.4, 0.5) is 0 Å². The second kappa shape index (κ2) is 5.69. The van der Waals surface area contributed by atoms with E-state index >= 15 is 0 Å². The number of thioether (sulfide) groups is 1. The molecular formula is C13H14N4S. The maximum absolute atomic E-state index is 9.03. The maximum Gasteiger partial charge on any atom is 0.191 e. The van der Waals surface area contributed by atoms with Gasteiger partial charge in [0.05, 0.1) is 11.6 Å². The molecule has 1 heterocycles. The van der Waals surface area contributed by atoms with Crippen LogP contribution in [0.2, 0.25) is 0 Å². The maximum atomic E-state index is 9.03.